The molecule has 1 heterocycles. The lowest BCUT2D eigenvalue weighted by molar-refractivity contribution is 0.201. The Balaban J connectivity index is 1.98. The van der Waals surface area contributed by atoms with Crippen LogP contribution in [0.3, 0.4) is 0 Å². The number of halogens is 1. The monoisotopic (exact) mass is 321 g/mol. The molecular formula is C16H16FNO3S. The van der Waals surface area contributed by atoms with Crippen LogP contribution >= 0.6 is 0 Å². The molecule has 3 rings (SSSR count). The van der Waals surface area contributed by atoms with Gasteiger partial charge in [0.25, 0.3) is 0 Å². The molecule has 0 amide bonds. The van der Waals surface area contributed by atoms with Gasteiger partial charge in [-0.2, -0.15) is 4.31 Å². The minimum atomic E-state index is -3.69. The largest absolute Gasteiger partial charge is 0.489 e. The number of benzene rings is 2. The highest BCUT2D eigenvalue weighted by Crippen LogP contribution is 2.28. The molecular weight excluding hydrogens is 305 g/mol. The molecule has 2 aromatic carbocycles. The summed E-state index contributed by atoms with van der Waals surface area (Å²) in [7, 11) is -3.69. The molecule has 0 radical (unpaired) electrons. The number of sulfonamides is 1. The van der Waals surface area contributed by atoms with Gasteiger partial charge in [-0.25, -0.2) is 12.8 Å². The molecule has 2 aromatic rings. The van der Waals surface area contributed by atoms with Gasteiger partial charge in [0.1, 0.15) is 17.7 Å². The first-order chi connectivity index (χ1) is 10.5. The molecule has 1 aliphatic heterocycles. The molecule has 0 fully saturated rings. The standard InChI is InChI=1S/C16H16FNO3S/c1-12-10-18(11-13-4-2-3-5-16(13)21-12)22(19,20)15-8-6-14(17)7-9-15/h2-9,12H,10-11H2,1H3. The number of rotatable bonds is 2. The van der Waals surface area contributed by atoms with E-state index in [-0.39, 0.29) is 24.1 Å². The quantitative estimate of drug-likeness (QED) is 0.854. The fourth-order valence-corrected chi connectivity index (χ4v) is 3.98. The van der Waals surface area contributed by atoms with E-state index in [1.807, 2.05) is 31.2 Å². The van der Waals surface area contributed by atoms with E-state index in [9.17, 15) is 12.8 Å². The molecule has 4 nitrogen and oxygen atoms in total. The summed E-state index contributed by atoms with van der Waals surface area (Å²) in [6.07, 6.45) is -0.265. The van der Waals surface area contributed by atoms with Crippen molar-refractivity contribution in [1.29, 1.82) is 0 Å². The van der Waals surface area contributed by atoms with Crippen LogP contribution in [0.15, 0.2) is 53.4 Å². The first-order valence-electron chi connectivity index (χ1n) is 6.97. The van der Waals surface area contributed by atoms with E-state index in [0.717, 1.165) is 17.7 Å². The maximum atomic E-state index is 13.0. The summed E-state index contributed by atoms with van der Waals surface area (Å²) in [4.78, 5) is 0.0838. The van der Waals surface area contributed by atoms with Gasteiger partial charge >= 0.3 is 0 Å². The summed E-state index contributed by atoms with van der Waals surface area (Å²) >= 11 is 0. The van der Waals surface area contributed by atoms with Gasteiger partial charge in [0, 0.05) is 12.1 Å². The number of hydrogen-bond donors (Lipinski definition) is 0. The molecule has 0 aliphatic carbocycles. The van der Waals surface area contributed by atoms with Crippen molar-refractivity contribution in [2.75, 3.05) is 6.54 Å². The topological polar surface area (TPSA) is 46.6 Å². The van der Waals surface area contributed by atoms with E-state index >= 15 is 0 Å². The van der Waals surface area contributed by atoms with Crippen LogP contribution in [0.4, 0.5) is 4.39 Å². The van der Waals surface area contributed by atoms with Gasteiger partial charge in [-0.05, 0) is 37.3 Å². The number of fused-ring (bicyclic) bond motifs is 1. The predicted molar refractivity (Wildman–Crippen MR) is 80.5 cm³/mol. The Bertz CT molecular complexity index is 774. The highest BCUT2D eigenvalue weighted by molar-refractivity contribution is 7.89. The average molecular weight is 321 g/mol. The Morgan fingerprint density at radius 3 is 2.55 bits per heavy atom. The summed E-state index contributed by atoms with van der Waals surface area (Å²) in [6, 6.07) is 12.3. The third kappa shape index (κ3) is 2.84. The summed E-state index contributed by atoms with van der Waals surface area (Å²) in [5, 5.41) is 0. The van der Waals surface area contributed by atoms with Gasteiger partial charge < -0.3 is 4.74 Å². The van der Waals surface area contributed by atoms with E-state index < -0.39 is 15.8 Å². The van der Waals surface area contributed by atoms with Gasteiger partial charge in [0.2, 0.25) is 10.0 Å². The molecule has 0 N–H and O–H groups in total. The van der Waals surface area contributed by atoms with Crippen molar-refractivity contribution in [3.8, 4) is 5.75 Å². The van der Waals surface area contributed by atoms with Gasteiger partial charge in [-0.3, -0.25) is 0 Å². The van der Waals surface area contributed by atoms with Crippen LogP contribution in [0, 0.1) is 5.82 Å². The summed E-state index contributed by atoms with van der Waals surface area (Å²) < 4.78 is 45.7. The second-order valence-electron chi connectivity index (χ2n) is 5.29. The van der Waals surface area contributed by atoms with Crippen LogP contribution in [0.5, 0.6) is 5.75 Å². The average Bonchev–Trinajstić information content (AvgIpc) is 2.66. The highest BCUT2D eigenvalue weighted by Gasteiger charge is 2.30. The van der Waals surface area contributed by atoms with Crippen LogP contribution in [0.1, 0.15) is 12.5 Å². The normalized spacial score (nSPS) is 19.1. The lowest BCUT2D eigenvalue weighted by Gasteiger charge is -2.21. The third-order valence-electron chi connectivity index (χ3n) is 3.56. The molecule has 0 bridgehead atoms. The molecule has 1 atom stereocenters. The van der Waals surface area contributed by atoms with Crippen molar-refractivity contribution in [3.63, 3.8) is 0 Å². The Morgan fingerprint density at radius 2 is 1.82 bits per heavy atom. The molecule has 0 aromatic heterocycles. The maximum absolute atomic E-state index is 13.0. The first kappa shape index (κ1) is 15.0. The van der Waals surface area contributed by atoms with E-state index in [1.54, 1.807) is 0 Å². The fraction of sp³-hybridized carbons (Fsp3) is 0.250. The van der Waals surface area contributed by atoms with Crippen molar-refractivity contribution in [2.45, 2.75) is 24.5 Å². The molecule has 22 heavy (non-hydrogen) atoms. The van der Waals surface area contributed by atoms with Crippen molar-refractivity contribution in [3.05, 3.63) is 59.9 Å². The zero-order valence-corrected chi connectivity index (χ0v) is 12.9. The summed E-state index contributed by atoms with van der Waals surface area (Å²) in [5.74, 6) is 0.240. The van der Waals surface area contributed by atoms with Crippen LogP contribution in [0.2, 0.25) is 0 Å². The van der Waals surface area contributed by atoms with E-state index in [1.165, 1.54) is 16.4 Å². The Morgan fingerprint density at radius 1 is 1.14 bits per heavy atom. The lowest BCUT2D eigenvalue weighted by Crippen LogP contribution is -2.36. The van der Waals surface area contributed by atoms with Crippen molar-refractivity contribution >= 4 is 10.0 Å². The molecule has 1 unspecified atom stereocenters. The van der Waals surface area contributed by atoms with E-state index in [4.69, 9.17) is 4.74 Å². The maximum Gasteiger partial charge on any atom is 0.243 e. The number of ether oxygens (including phenoxy) is 1. The van der Waals surface area contributed by atoms with Gasteiger partial charge in [-0.1, -0.05) is 18.2 Å². The SMILES string of the molecule is CC1CN(S(=O)(=O)c2ccc(F)cc2)Cc2ccccc2O1. The minimum Gasteiger partial charge on any atom is -0.489 e. The molecule has 6 heteroatoms. The predicted octanol–water partition coefficient (Wildman–Crippen LogP) is 2.80. The van der Waals surface area contributed by atoms with Gasteiger partial charge in [-0.15, -0.1) is 0 Å². The van der Waals surface area contributed by atoms with E-state index in [2.05, 4.69) is 0 Å². The third-order valence-corrected chi connectivity index (χ3v) is 5.39. The van der Waals surface area contributed by atoms with Crippen molar-refractivity contribution in [2.24, 2.45) is 0 Å². The molecule has 116 valence electrons. The molecule has 0 spiro atoms. The lowest BCUT2D eigenvalue weighted by atomic mass is 10.2. The fourth-order valence-electron chi connectivity index (χ4n) is 2.48. The van der Waals surface area contributed by atoms with Gasteiger partial charge in [0.15, 0.2) is 0 Å². The second kappa shape index (κ2) is 5.70. The van der Waals surface area contributed by atoms with E-state index in [0.29, 0.717) is 5.75 Å². The van der Waals surface area contributed by atoms with Crippen LogP contribution in [-0.4, -0.2) is 25.4 Å². The summed E-state index contributed by atoms with van der Waals surface area (Å²) in [5.41, 5.74) is 0.817. The number of hydrogen-bond acceptors (Lipinski definition) is 3. The number of para-hydroxylation sites is 1. The van der Waals surface area contributed by atoms with Crippen LogP contribution < -0.4 is 4.74 Å². The zero-order chi connectivity index (χ0) is 15.7. The van der Waals surface area contributed by atoms with Crippen LogP contribution in [0.25, 0.3) is 0 Å². The van der Waals surface area contributed by atoms with Crippen molar-refractivity contribution in [1.82, 2.24) is 4.31 Å². The Kier molecular flexibility index (Phi) is 3.88. The molecule has 1 aliphatic rings. The Labute approximate surface area is 129 Å². The van der Waals surface area contributed by atoms with Gasteiger partial charge in [0.05, 0.1) is 11.4 Å². The minimum absolute atomic E-state index is 0.0838. The van der Waals surface area contributed by atoms with Crippen molar-refractivity contribution < 1.29 is 17.5 Å². The molecule has 0 saturated heterocycles. The Hall–Kier alpha value is -1.92. The highest BCUT2D eigenvalue weighted by atomic mass is 32.2. The first-order valence-corrected chi connectivity index (χ1v) is 8.41. The smallest absolute Gasteiger partial charge is 0.243 e. The number of nitrogens with zero attached hydrogens (tertiary/aromatic N) is 1. The zero-order valence-electron chi connectivity index (χ0n) is 12.1. The van der Waals surface area contributed by atoms with Crippen LogP contribution in [-0.2, 0) is 16.6 Å². The molecule has 0 saturated carbocycles. The summed E-state index contributed by atoms with van der Waals surface area (Å²) in [6.45, 7) is 2.31. The second-order valence-corrected chi connectivity index (χ2v) is 7.23.